The predicted molar refractivity (Wildman–Crippen MR) is 118 cm³/mol. The topological polar surface area (TPSA) is 56.3 Å². The molecule has 2 aliphatic heterocycles. The molecule has 0 aliphatic carbocycles. The van der Waals surface area contributed by atoms with Crippen molar-refractivity contribution >= 4 is 34.9 Å². The molecule has 6 nitrogen and oxygen atoms in total. The third-order valence-electron chi connectivity index (χ3n) is 5.31. The van der Waals surface area contributed by atoms with Crippen LogP contribution in [-0.4, -0.2) is 47.3 Å². The normalized spacial score (nSPS) is 23.4. The zero-order valence-corrected chi connectivity index (χ0v) is 18.0. The van der Waals surface area contributed by atoms with Gasteiger partial charge in [0.2, 0.25) is 5.95 Å². The molecule has 0 aromatic carbocycles. The van der Waals surface area contributed by atoms with Gasteiger partial charge in [-0.15, -0.1) is 0 Å². The third kappa shape index (κ3) is 5.67. The summed E-state index contributed by atoms with van der Waals surface area (Å²) in [5.41, 5.74) is 0. The Hall–Kier alpha value is -1.63. The summed E-state index contributed by atoms with van der Waals surface area (Å²) in [5, 5.41) is 6.99. The maximum atomic E-state index is 5.42. The summed E-state index contributed by atoms with van der Waals surface area (Å²) in [5.74, 6) is 4.02. The van der Waals surface area contributed by atoms with Gasteiger partial charge in [-0.3, -0.25) is 0 Å². The Morgan fingerprint density at radius 3 is 2.00 bits per heavy atom. The number of aromatic nitrogens is 2. The molecule has 7 heteroatoms. The first kappa shape index (κ1) is 20.1. The van der Waals surface area contributed by atoms with Gasteiger partial charge in [0.25, 0.3) is 0 Å². The zero-order valence-electron chi connectivity index (χ0n) is 17.2. The Bertz CT molecular complexity index is 609. The van der Waals surface area contributed by atoms with E-state index < -0.39 is 0 Å². The van der Waals surface area contributed by atoms with E-state index in [1.54, 1.807) is 0 Å². The standard InChI is InChI=1S/C20H34N6S/c1-14(2)21-20(27)24-19-22-17(25-9-5-7-15(3)12-25)11-18(23-19)26-10-6-8-16(4)13-26/h11,14-16H,5-10,12-13H2,1-4H3,(H2,21,22,23,24,27)/t15-,16-/m0/s1. The molecule has 2 fully saturated rings. The highest BCUT2D eigenvalue weighted by Gasteiger charge is 2.23. The van der Waals surface area contributed by atoms with E-state index >= 15 is 0 Å². The first-order valence-electron chi connectivity index (χ1n) is 10.4. The average molecular weight is 391 g/mol. The van der Waals surface area contributed by atoms with Crippen molar-refractivity contribution in [1.82, 2.24) is 15.3 Å². The molecule has 3 heterocycles. The molecule has 2 saturated heterocycles. The average Bonchev–Trinajstić information content (AvgIpc) is 2.60. The number of piperidine rings is 2. The van der Waals surface area contributed by atoms with E-state index in [9.17, 15) is 0 Å². The second kappa shape index (κ2) is 9.04. The van der Waals surface area contributed by atoms with Crippen LogP contribution in [-0.2, 0) is 0 Å². The molecule has 0 spiro atoms. The van der Waals surface area contributed by atoms with E-state index in [4.69, 9.17) is 22.2 Å². The molecule has 0 bridgehead atoms. The van der Waals surface area contributed by atoms with Crippen molar-refractivity contribution in [3.8, 4) is 0 Å². The smallest absolute Gasteiger partial charge is 0.232 e. The highest BCUT2D eigenvalue weighted by atomic mass is 32.1. The van der Waals surface area contributed by atoms with Crippen molar-refractivity contribution in [1.29, 1.82) is 0 Å². The summed E-state index contributed by atoms with van der Waals surface area (Å²) < 4.78 is 0. The SMILES string of the molecule is CC(C)NC(=S)Nc1nc(N2CCC[C@H](C)C2)cc(N2CCC[C@H](C)C2)n1. The number of hydrogen-bond acceptors (Lipinski definition) is 5. The lowest BCUT2D eigenvalue weighted by atomic mass is 10.00. The maximum Gasteiger partial charge on any atom is 0.232 e. The van der Waals surface area contributed by atoms with Gasteiger partial charge in [-0.25, -0.2) is 0 Å². The van der Waals surface area contributed by atoms with Crippen LogP contribution < -0.4 is 20.4 Å². The van der Waals surface area contributed by atoms with Gasteiger partial charge in [-0.05, 0) is 63.6 Å². The van der Waals surface area contributed by atoms with Crippen molar-refractivity contribution in [3.05, 3.63) is 6.07 Å². The van der Waals surface area contributed by atoms with Gasteiger partial charge in [0.15, 0.2) is 5.11 Å². The molecule has 2 aliphatic rings. The molecular formula is C20H34N6S. The van der Waals surface area contributed by atoms with Crippen LogP contribution in [0.15, 0.2) is 6.07 Å². The van der Waals surface area contributed by atoms with Crippen LogP contribution in [0.5, 0.6) is 0 Å². The minimum absolute atomic E-state index is 0.276. The fourth-order valence-corrected chi connectivity index (χ4v) is 4.32. The van der Waals surface area contributed by atoms with Crippen LogP contribution in [0.25, 0.3) is 0 Å². The highest BCUT2D eigenvalue weighted by Crippen LogP contribution is 2.28. The van der Waals surface area contributed by atoms with Crippen LogP contribution in [0.4, 0.5) is 17.6 Å². The van der Waals surface area contributed by atoms with E-state index in [2.05, 4.69) is 54.2 Å². The predicted octanol–water partition coefficient (Wildman–Crippen LogP) is 3.64. The van der Waals surface area contributed by atoms with Gasteiger partial charge in [0.1, 0.15) is 11.6 Å². The molecule has 2 N–H and O–H groups in total. The molecule has 0 radical (unpaired) electrons. The van der Waals surface area contributed by atoms with Crippen LogP contribution >= 0.6 is 12.2 Å². The minimum Gasteiger partial charge on any atom is -0.360 e. The van der Waals surface area contributed by atoms with Crippen molar-refractivity contribution in [2.75, 3.05) is 41.3 Å². The minimum atomic E-state index is 0.276. The Morgan fingerprint density at radius 2 is 1.56 bits per heavy atom. The summed E-state index contributed by atoms with van der Waals surface area (Å²) in [7, 11) is 0. The first-order valence-corrected chi connectivity index (χ1v) is 10.8. The monoisotopic (exact) mass is 390 g/mol. The Kier molecular flexibility index (Phi) is 6.73. The summed E-state index contributed by atoms with van der Waals surface area (Å²) in [6.07, 6.45) is 5.03. The van der Waals surface area contributed by atoms with Gasteiger partial charge in [0, 0.05) is 38.3 Å². The van der Waals surface area contributed by atoms with Crippen molar-refractivity contribution in [2.45, 2.75) is 59.4 Å². The number of nitrogens with zero attached hydrogens (tertiary/aromatic N) is 4. The van der Waals surface area contributed by atoms with E-state index in [0.717, 1.165) is 37.8 Å². The molecule has 3 rings (SSSR count). The van der Waals surface area contributed by atoms with E-state index in [0.29, 0.717) is 22.9 Å². The molecule has 150 valence electrons. The largest absolute Gasteiger partial charge is 0.360 e. The van der Waals surface area contributed by atoms with Gasteiger partial charge in [-0.2, -0.15) is 9.97 Å². The van der Waals surface area contributed by atoms with E-state index in [1.165, 1.54) is 25.7 Å². The van der Waals surface area contributed by atoms with Crippen molar-refractivity contribution < 1.29 is 0 Å². The number of nitrogens with one attached hydrogen (secondary N) is 2. The van der Waals surface area contributed by atoms with E-state index in [1.807, 2.05) is 0 Å². The molecule has 2 atom stereocenters. The van der Waals surface area contributed by atoms with Gasteiger partial charge < -0.3 is 20.4 Å². The van der Waals surface area contributed by atoms with Gasteiger partial charge >= 0.3 is 0 Å². The molecule has 0 saturated carbocycles. The molecule has 1 aromatic rings. The third-order valence-corrected chi connectivity index (χ3v) is 5.53. The quantitative estimate of drug-likeness (QED) is 0.761. The Labute approximate surface area is 169 Å². The molecule has 0 unspecified atom stereocenters. The highest BCUT2D eigenvalue weighted by molar-refractivity contribution is 7.80. The molecule has 0 amide bonds. The van der Waals surface area contributed by atoms with Crippen molar-refractivity contribution in [3.63, 3.8) is 0 Å². The molecule has 27 heavy (non-hydrogen) atoms. The van der Waals surface area contributed by atoms with Crippen molar-refractivity contribution in [2.24, 2.45) is 11.8 Å². The molecular weight excluding hydrogens is 356 g/mol. The number of rotatable bonds is 4. The number of thiocarbonyl (C=S) groups is 1. The van der Waals surface area contributed by atoms with Crippen LogP contribution in [0.1, 0.15) is 53.4 Å². The lowest BCUT2D eigenvalue weighted by molar-refractivity contribution is 0.441. The second-order valence-corrected chi connectivity index (χ2v) is 8.96. The van der Waals surface area contributed by atoms with Gasteiger partial charge in [-0.1, -0.05) is 13.8 Å². The van der Waals surface area contributed by atoms with E-state index in [-0.39, 0.29) is 6.04 Å². The lowest BCUT2D eigenvalue weighted by Crippen LogP contribution is -2.38. The maximum absolute atomic E-state index is 5.42. The van der Waals surface area contributed by atoms with Crippen LogP contribution in [0, 0.1) is 11.8 Å². The first-order chi connectivity index (χ1) is 12.9. The fraction of sp³-hybridized carbons (Fsp3) is 0.750. The summed E-state index contributed by atoms with van der Waals surface area (Å²) >= 11 is 5.42. The summed E-state index contributed by atoms with van der Waals surface area (Å²) in [4.78, 5) is 14.4. The summed E-state index contributed by atoms with van der Waals surface area (Å²) in [6.45, 7) is 13.0. The van der Waals surface area contributed by atoms with Gasteiger partial charge in [0.05, 0.1) is 0 Å². The second-order valence-electron chi connectivity index (χ2n) is 8.55. The molecule has 1 aromatic heterocycles. The van der Waals surface area contributed by atoms with Crippen LogP contribution in [0.3, 0.4) is 0 Å². The van der Waals surface area contributed by atoms with Crippen LogP contribution in [0.2, 0.25) is 0 Å². The number of anilines is 3. The fourth-order valence-electron chi connectivity index (χ4n) is 4.00. The zero-order chi connectivity index (χ0) is 19.4. The summed E-state index contributed by atoms with van der Waals surface area (Å²) in [6, 6.07) is 2.44. The Balaban J connectivity index is 1.86. The Morgan fingerprint density at radius 1 is 1.04 bits per heavy atom. The number of hydrogen-bond donors (Lipinski definition) is 2. The lowest BCUT2D eigenvalue weighted by Gasteiger charge is -2.35.